The number of aromatic nitrogens is 2. The first-order valence-electron chi connectivity index (χ1n) is 7.48. The van der Waals surface area contributed by atoms with Crippen LogP contribution < -0.4 is 5.56 Å². The average Bonchev–Trinajstić information content (AvgIpc) is 3.03. The number of rotatable bonds is 4. The largest absolute Gasteiger partial charge is 0.493 e. The van der Waals surface area contributed by atoms with Crippen molar-refractivity contribution in [2.75, 3.05) is 6.61 Å². The van der Waals surface area contributed by atoms with Gasteiger partial charge in [-0.25, -0.2) is 9.18 Å². The number of hydrogen-bond acceptors (Lipinski definition) is 4. The monoisotopic (exact) mass is 408 g/mol. The normalized spacial score (nSPS) is 11.0. The zero-order chi connectivity index (χ0) is 18.1. The second-order valence-corrected chi connectivity index (χ2v) is 6.20. The van der Waals surface area contributed by atoms with Crippen LogP contribution in [0.25, 0.3) is 5.52 Å². The van der Waals surface area contributed by atoms with Crippen LogP contribution >= 0.6 is 15.9 Å². The molecule has 0 fully saturated rings. The Bertz CT molecular complexity index is 1030. The van der Waals surface area contributed by atoms with Crippen molar-refractivity contribution in [3.8, 4) is 5.88 Å². The molecule has 0 aliphatic rings. The molecule has 0 radical (unpaired) electrons. The summed E-state index contributed by atoms with van der Waals surface area (Å²) in [6.45, 7) is 1.52. The molecule has 1 N–H and O–H groups in total. The predicted molar refractivity (Wildman–Crippen MR) is 92.5 cm³/mol. The molecule has 2 heterocycles. The van der Waals surface area contributed by atoms with Crippen molar-refractivity contribution < 1.29 is 19.0 Å². The molecule has 6 nitrogen and oxygen atoms in total. The summed E-state index contributed by atoms with van der Waals surface area (Å²) in [5, 5.41) is 10.5. The molecule has 3 aromatic rings. The van der Waals surface area contributed by atoms with E-state index in [0.29, 0.717) is 4.47 Å². The maximum Gasteiger partial charge on any atom is 0.360 e. The maximum absolute atomic E-state index is 14.1. The molecule has 3 rings (SSSR count). The van der Waals surface area contributed by atoms with Gasteiger partial charge in [0.05, 0.1) is 13.2 Å². The molecule has 0 atom stereocenters. The Kier molecular flexibility index (Phi) is 4.63. The van der Waals surface area contributed by atoms with E-state index in [2.05, 4.69) is 15.9 Å². The van der Waals surface area contributed by atoms with E-state index in [1.807, 2.05) is 0 Å². The summed E-state index contributed by atoms with van der Waals surface area (Å²) in [5.41, 5.74) is -0.346. The van der Waals surface area contributed by atoms with Gasteiger partial charge in [-0.3, -0.25) is 9.36 Å². The van der Waals surface area contributed by atoms with Crippen LogP contribution in [-0.2, 0) is 11.3 Å². The maximum atomic E-state index is 14.1. The molecule has 1 aromatic carbocycles. The van der Waals surface area contributed by atoms with Crippen LogP contribution in [0.4, 0.5) is 4.39 Å². The predicted octanol–water partition coefficient (Wildman–Crippen LogP) is 2.93. The molecule has 2 aromatic heterocycles. The van der Waals surface area contributed by atoms with Gasteiger partial charge < -0.3 is 14.2 Å². The number of carbonyl (C=O) groups excluding carboxylic acids is 1. The molecular formula is C17H14BrFN2O4. The van der Waals surface area contributed by atoms with Crippen LogP contribution in [0, 0.1) is 5.82 Å². The van der Waals surface area contributed by atoms with Crippen LogP contribution in [0.15, 0.2) is 45.8 Å². The molecule has 25 heavy (non-hydrogen) atoms. The zero-order valence-electron chi connectivity index (χ0n) is 13.2. The number of benzene rings is 1. The Morgan fingerprint density at radius 3 is 2.80 bits per heavy atom. The minimum Gasteiger partial charge on any atom is -0.493 e. The van der Waals surface area contributed by atoms with Crippen molar-refractivity contribution in [1.82, 2.24) is 8.97 Å². The van der Waals surface area contributed by atoms with Crippen molar-refractivity contribution in [3.05, 3.63) is 68.4 Å². The number of nitrogens with zero attached hydrogens (tertiary/aromatic N) is 2. The van der Waals surface area contributed by atoms with E-state index in [1.165, 1.54) is 28.8 Å². The Labute approximate surface area is 150 Å². The molecule has 0 saturated carbocycles. The Morgan fingerprint density at radius 1 is 1.36 bits per heavy atom. The summed E-state index contributed by atoms with van der Waals surface area (Å²) in [5.74, 6) is -1.88. The number of fused-ring (bicyclic) bond motifs is 1. The Hall–Kier alpha value is -2.61. The highest BCUT2D eigenvalue weighted by Gasteiger charge is 2.23. The highest BCUT2D eigenvalue weighted by molar-refractivity contribution is 9.10. The average molecular weight is 409 g/mol. The summed E-state index contributed by atoms with van der Waals surface area (Å²) in [6, 6.07) is 7.47. The van der Waals surface area contributed by atoms with Gasteiger partial charge in [-0.2, -0.15) is 0 Å². The molecule has 0 bridgehead atoms. The molecule has 8 heteroatoms. The van der Waals surface area contributed by atoms with Crippen LogP contribution in [0.5, 0.6) is 5.88 Å². The number of ether oxygens (including phenoxy) is 1. The minimum absolute atomic E-state index is 0.113. The first-order valence-corrected chi connectivity index (χ1v) is 8.27. The summed E-state index contributed by atoms with van der Waals surface area (Å²) < 4.78 is 21.8. The van der Waals surface area contributed by atoms with Crippen LogP contribution in [0.1, 0.15) is 23.0 Å². The van der Waals surface area contributed by atoms with Gasteiger partial charge in [0.1, 0.15) is 11.3 Å². The first-order chi connectivity index (χ1) is 11.9. The van der Waals surface area contributed by atoms with E-state index >= 15 is 0 Å². The molecule has 0 unspecified atom stereocenters. The van der Waals surface area contributed by atoms with E-state index in [0.717, 1.165) is 4.57 Å². The van der Waals surface area contributed by atoms with Gasteiger partial charge in [0.15, 0.2) is 5.69 Å². The topological polar surface area (TPSA) is 72.9 Å². The first kappa shape index (κ1) is 17.2. The van der Waals surface area contributed by atoms with Crippen LogP contribution in [-0.4, -0.2) is 26.7 Å². The van der Waals surface area contributed by atoms with Gasteiger partial charge in [0, 0.05) is 16.2 Å². The van der Waals surface area contributed by atoms with Crippen molar-refractivity contribution in [3.63, 3.8) is 0 Å². The molecule has 0 saturated heterocycles. The third-order valence-electron chi connectivity index (χ3n) is 3.73. The van der Waals surface area contributed by atoms with Gasteiger partial charge in [0.25, 0.3) is 5.56 Å². The minimum atomic E-state index is -0.772. The van der Waals surface area contributed by atoms with Gasteiger partial charge in [0.2, 0.25) is 5.88 Å². The van der Waals surface area contributed by atoms with E-state index in [9.17, 15) is 19.1 Å². The summed E-state index contributed by atoms with van der Waals surface area (Å²) in [6.07, 6.45) is 1.48. The van der Waals surface area contributed by atoms with Crippen molar-refractivity contribution in [1.29, 1.82) is 0 Å². The number of halogens is 2. The van der Waals surface area contributed by atoms with Crippen molar-refractivity contribution in [2.45, 2.75) is 13.5 Å². The quantitative estimate of drug-likeness (QED) is 0.673. The highest BCUT2D eigenvalue weighted by atomic mass is 79.9. The lowest BCUT2D eigenvalue weighted by molar-refractivity contribution is 0.0511. The van der Waals surface area contributed by atoms with Gasteiger partial charge in [-0.05, 0) is 31.2 Å². The Balaban J connectivity index is 2.21. The van der Waals surface area contributed by atoms with Gasteiger partial charge in [-0.1, -0.05) is 22.0 Å². The third kappa shape index (κ3) is 3.05. The van der Waals surface area contributed by atoms with Crippen molar-refractivity contribution >= 4 is 27.4 Å². The van der Waals surface area contributed by atoms with E-state index in [-0.39, 0.29) is 29.9 Å². The highest BCUT2D eigenvalue weighted by Crippen LogP contribution is 2.22. The fraction of sp³-hybridized carbons (Fsp3) is 0.176. The van der Waals surface area contributed by atoms with Crippen molar-refractivity contribution in [2.24, 2.45) is 0 Å². The molecule has 0 aliphatic carbocycles. The fourth-order valence-corrected chi connectivity index (χ4v) is 2.91. The Morgan fingerprint density at radius 2 is 2.12 bits per heavy atom. The summed E-state index contributed by atoms with van der Waals surface area (Å²) in [7, 11) is 0. The van der Waals surface area contributed by atoms with E-state index in [4.69, 9.17) is 4.74 Å². The number of aromatic hydroxyl groups is 1. The third-order valence-corrected chi connectivity index (χ3v) is 4.23. The van der Waals surface area contributed by atoms with Gasteiger partial charge >= 0.3 is 5.97 Å². The molecule has 0 aliphatic heterocycles. The lowest BCUT2D eigenvalue weighted by Crippen LogP contribution is -2.26. The standard InChI is InChI=1S/C17H14BrFN2O4/c1-2-25-17(24)14-16(23)21(15(22)13-4-3-7-20(13)14)9-10-5-6-11(18)8-12(10)19/h3-8,23H,2,9H2,1H3. The second-order valence-electron chi connectivity index (χ2n) is 5.28. The lowest BCUT2D eigenvalue weighted by atomic mass is 10.2. The molecular weight excluding hydrogens is 395 g/mol. The number of hydrogen-bond donors (Lipinski definition) is 1. The number of carbonyl (C=O) groups is 1. The summed E-state index contributed by atoms with van der Waals surface area (Å²) in [4.78, 5) is 24.8. The smallest absolute Gasteiger partial charge is 0.360 e. The number of esters is 1. The molecule has 0 amide bonds. The molecule has 0 spiro atoms. The van der Waals surface area contributed by atoms with E-state index in [1.54, 1.807) is 19.1 Å². The van der Waals surface area contributed by atoms with Gasteiger partial charge in [-0.15, -0.1) is 0 Å². The second kappa shape index (κ2) is 6.72. The van der Waals surface area contributed by atoms with Crippen LogP contribution in [0.3, 0.4) is 0 Å². The molecule has 130 valence electrons. The zero-order valence-corrected chi connectivity index (χ0v) is 14.8. The van der Waals surface area contributed by atoms with Crippen LogP contribution in [0.2, 0.25) is 0 Å². The summed E-state index contributed by atoms with van der Waals surface area (Å²) >= 11 is 3.16. The van der Waals surface area contributed by atoms with E-state index < -0.39 is 23.2 Å². The SMILES string of the molecule is CCOC(=O)c1c(O)n(Cc2ccc(Br)cc2F)c(=O)c2cccn12. The fourth-order valence-electron chi connectivity index (χ4n) is 2.58. The lowest BCUT2D eigenvalue weighted by Gasteiger charge is -2.14.